The van der Waals surface area contributed by atoms with Crippen LogP contribution in [0.2, 0.25) is 0 Å². The van der Waals surface area contributed by atoms with E-state index in [4.69, 9.17) is 9.47 Å². The summed E-state index contributed by atoms with van der Waals surface area (Å²) >= 11 is 0.844. The van der Waals surface area contributed by atoms with E-state index in [0.29, 0.717) is 17.2 Å². The number of carbonyl (C=O) groups is 1. The minimum absolute atomic E-state index is 0.0100. The van der Waals surface area contributed by atoms with Crippen LogP contribution in [0.4, 0.5) is 18.9 Å². The first kappa shape index (κ1) is 18.9. The Labute approximate surface area is 145 Å². The van der Waals surface area contributed by atoms with Gasteiger partial charge in [-0.2, -0.15) is 13.2 Å². The highest BCUT2D eigenvalue weighted by Gasteiger charge is 2.37. The fourth-order valence-electron chi connectivity index (χ4n) is 1.91. The molecule has 1 heterocycles. The topological polar surface area (TPSA) is 78.3 Å². The van der Waals surface area contributed by atoms with Gasteiger partial charge in [-0.25, -0.2) is 0 Å². The molecule has 136 valence electrons. The zero-order valence-electron chi connectivity index (χ0n) is 13.5. The van der Waals surface area contributed by atoms with Crippen LogP contribution in [0.15, 0.2) is 23.4 Å². The lowest BCUT2D eigenvalue weighted by Crippen LogP contribution is -2.16. The summed E-state index contributed by atoms with van der Waals surface area (Å²) in [7, 11) is 4.13. The van der Waals surface area contributed by atoms with Gasteiger partial charge in [0.25, 0.3) is 0 Å². The number of alkyl halides is 3. The predicted molar refractivity (Wildman–Crippen MR) is 84.9 cm³/mol. The molecular weight excluding hydrogens is 361 g/mol. The Hall–Kier alpha value is -2.43. The van der Waals surface area contributed by atoms with Crippen molar-refractivity contribution in [3.63, 3.8) is 0 Å². The highest BCUT2D eigenvalue weighted by molar-refractivity contribution is 7.99. The van der Waals surface area contributed by atoms with Crippen molar-refractivity contribution in [1.82, 2.24) is 14.8 Å². The van der Waals surface area contributed by atoms with Crippen molar-refractivity contribution in [3.05, 3.63) is 24.0 Å². The summed E-state index contributed by atoms with van der Waals surface area (Å²) in [6.45, 7) is 0. The molecule has 7 nitrogen and oxygen atoms in total. The van der Waals surface area contributed by atoms with Crippen LogP contribution in [-0.4, -0.2) is 40.6 Å². The predicted octanol–water partition coefficient (Wildman–Crippen LogP) is 2.58. The zero-order chi connectivity index (χ0) is 18.6. The number of anilines is 1. The van der Waals surface area contributed by atoms with Crippen molar-refractivity contribution in [2.75, 3.05) is 25.3 Å². The summed E-state index contributed by atoms with van der Waals surface area (Å²) in [6, 6.07) is 4.84. The highest BCUT2D eigenvalue weighted by Crippen LogP contribution is 2.31. The Balaban J connectivity index is 2.01. The number of ether oxygens (including phenoxy) is 2. The van der Waals surface area contributed by atoms with Gasteiger partial charge in [-0.15, -0.1) is 10.2 Å². The molecule has 25 heavy (non-hydrogen) atoms. The van der Waals surface area contributed by atoms with Crippen LogP contribution >= 0.6 is 11.8 Å². The molecule has 0 radical (unpaired) electrons. The van der Waals surface area contributed by atoms with Crippen LogP contribution in [0.5, 0.6) is 11.5 Å². The van der Waals surface area contributed by atoms with Crippen molar-refractivity contribution in [2.45, 2.75) is 11.3 Å². The third kappa shape index (κ3) is 4.56. The van der Waals surface area contributed by atoms with Gasteiger partial charge in [0.2, 0.25) is 11.7 Å². The molecule has 1 N–H and O–H groups in total. The quantitative estimate of drug-likeness (QED) is 0.781. The Kier molecular flexibility index (Phi) is 5.77. The van der Waals surface area contributed by atoms with Gasteiger partial charge in [0.1, 0.15) is 11.5 Å². The molecule has 0 bridgehead atoms. The van der Waals surface area contributed by atoms with Crippen LogP contribution in [0, 0.1) is 0 Å². The summed E-state index contributed by atoms with van der Waals surface area (Å²) in [5.74, 6) is -0.727. The molecule has 2 rings (SSSR count). The van der Waals surface area contributed by atoms with Gasteiger partial charge in [0.05, 0.1) is 25.7 Å². The van der Waals surface area contributed by atoms with Crippen molar-refractivity contribution in [2.24, 2.45) is 7.05 Å². The molecular formula is C14H15F3N4O3S. The zero-order valence-corrected chi connectivity index (χ0v) is 14.4. The number of carbonyl (C=O) groups excluding carboxylic acids is 1. The summed E-state index contributed by atoms with van der Waals surface area (Å²) in [6.07, 6.45) is -4.60. The molecule has 0 saturated carbocycles. The number of benzene rings is 1. The molecule has 0 aliphatic rings. The van der Waals surface area contributed by atoms with Crippen LogP contribution in [0.3, 0.4) is 0 Å². The van der Waals surface area contributed by atoms with Gasteiger partial charge in [-0.1, -0.05) is 11.8 Å². The first-order valence-corrected chi connectivity index (χ1v) is 7.86. The van der Waals surface area contributed by atoms with E-state index in [9.17, 15) is 18.0 Å². The summed E-state index contributed by atoms with van der Waals surface area (Å²) in [4.78, 5) is 12.0. The number of hydrogen-bond donors (Lipinski definition) is 1. The third-order valence-electron chi connectivity index (χ3n) is 3.10. The number of thioether (sulfide) groups is 1. The second-order valence-corrected chi connectivity index (χ2v) is 5.71. The van der Waals surface area contributed by atoms with E-state index in [2.05, 4.69) is 15.5 Å². The third-order valence-corrected chi connectivity index (χ3v) is 4.12. The van der Waals surface area contributed by atoms with Gasteiger partial charge in [-0.3, -0.25) is 4.79 Å². The van der Waals surface area contributed by atoms with Crippen LogP contribution in [0.25, 0.3) is 0 Å². The van der Waals surface area contributed by atoms with Crippen molar-refractivity contribution in [3.8, 4) is 11.5 Å². The molecule has 0 spiro atoms. The minimum atomic E-state index is -4.60. The smallest absolute Gasteiger partial charge is 0.451 e. The van der Waals surface area contributed by atoms with E-state index in [1.165, 1.54) is 21.3 Å². The number of rotatable bonds is 6. The number of methoxy groups -OCH3 is 2. The van der Waals surface area contributed by atoms with Gasteiger partial charge in [0, 0.05) is 13.1 Å². The molecule has 0 saturated heterocycles. The standard InChI is InChI=1S/C14H15F3N4O3S/c1-21-12(14(15,16)17)19-20-13(21)25-7-11(22)18-9-5-4-8(23-2)6-10(9)24-3/h4-6H,7H2,1-3H3,(H,18,22). The first-order chi connectivity index (χ1) is 11.8. The fourth-order valence-corrected chi connectivity index (χ4v) is 2.62. The Bertz CT molecular complexity index is 764. The second-order valence-electron chi connectivity index (χ2n) is 4.77. The monoisotopic (exact) mass is 376 g/mol. The van der Waals surface area contributed by atoms with E-state index in [0.717, 1.165) is 16.3 Å². The van der Waals surface area contributed by atoms with Crippen molar-refractivity contribution < 1.29 is 27.4 Å². The molecule has 2 aromatic rings. The lowest BCUT2D eigenvalue weighted by Gasteiger charge is -2.11. The van der Waals surface area contributed by atoms with Crippen LogP contribution < -0.4 is 14.8 Å². The average Bonchev–Trinajstić information content (AvgIpc) is 2.94. The molecule has 1 amide bonds. The minimum Gasteiger partial charge on any atom is -0.497 e. The number of amides is 1. The van der Waals surface area contributed by atoms with E-state index in [1.807, 2.05) is 0 Å². The maximum Gasteiger partial charge on any atom is 0.451 e. The number of nitrogens with zero attached hydrogens (tertiary/aromatic N) is 3. The van der Waals surface area contributed by atoms with Gasteiger partial charge >= 0.3 is 6.18 Å². The molecule has 0 unspecified atom stereocenters. The Morgan fingerprint density at radius 1 is 1.28 bits per heavy atom. The molecule has 11 heteroatoms. The first-order valence-electron chi connectivity index (χ1n) is 6.87. The second kappa shape index (κ2) is 7.64. The number of hydrogen-bond acceptors (Lipinski definition) is 6. The normalized spacial score (nSPS) is 11.3. The maximum absolute atomic E-state index is 12.7. The summed E-state index contributed by atoms with van der Waals surface area (Å²) in [5, 5.41) is 9.16. The Morgan fingerprint density at radius 3 is 2.56 bits per heavy atom. The van der Waals surface area contributed by atoms with Gasteiger partial charge in [-0.05, 0) is 12.1 Å². The average molecular weight is 376 g/mol. The van der Waals surface area contributed by atoms with Crippen molar-refractivity contribution in [1.29, 1.82) is 0 Å². The van der Waals surface area contributed by atoms with E-state index >= 15 is 0 Å². The van der Waals surface area contributed by atoms with E-state index in [-0.39, 0.29) is 10.9 Å². The summed E-state index contributed by atoms with van der Waals surface area (Å²) in [5.41, 5.74) is 0.419. The highest BCUT2D eigenvalue weighted by atomic mass is 32.2. The van der Waals surface area contributed by atoms with Crippen LogP contribution in [0.1, 0.15) is 5.82 Å². The molecule has 0 aliphatic heterocycles. The lowest BCUT2D eigenvalue weighted by atomic mass is 10.2. The van der Waals surface area contributed by atoms with Gasteiger partial charge < -0.3 is 19.4 Å². The molecule has 0 aliphatic carbocycles. The van der Waals surface area contributed by atoms with E-state index < -0.39 is 17.9 Å². The number of halogens is 3. The number of nitrogens with one attached hydrogen (secondary N) is 1. The molecule has 0 fully saturated rings. The molecule has 0 atom stereocenters. The summed E-state index contributed by atoms with van der Waals surface area (Å²) < 4.78 is 49.0. The number of aromatic nitrogens is 3. The lowest BCUT2D eigenvalue weighted by molar-refractivity contribution is -0.147. The fraction of sp³-hybridized carbons (Fsp3) is 0.357. The molecule has 1 aromatic carbocycles. The maximum atomic E-state index is 12.7. The van der Waals surface area contributed by atoms with Crippen LogP contribution in [-0.2, 0) is 18.0 Å². The molecule has 1 aromatic heterocycles. The Morgan fingerprint density at radius 2 is 2.00 bits per heavy atom. The van der Waals surface area contributed by atoms with E-state index in [1.54, 1.807) is 18.2 Å². The van der Waals surface area contributed by atoms with Gasteiger partial charge in [0.15, 0.2) is 5.16 Å². The SMILES string of the molecule is COc1ccc(NC(=O)CSc2nnc(C(F)(F)F)n2C)c(OC)c1. The largest absolute Gasteiger partial charge is 0.497 e. The van der Waals surface area contributed by atoms with Crippen molar-refractivity contribution >= 4 is 23.4 Å².